The Bertz CT molecular complexity index is 957. The summed E-state index contributed by atoms with van der Waals surface area (Å²) in [7, 11) is 0. The zero-order valence-corrected chi connectivity index (χ0v) is 11.0. The van der Waals surface area contributed by atoms with E-state index in [0.29, 0.717) is 0 Å². The lowest BCUT2D eigenvalue weighted by Gasteiger charge is -2.24. The first-order valence-corrected chi connectivity index (χ1v) is 6.27. The monoisotopic (exact) mass is 289 g/mol. The van der Waals surface area contributed by atoms with Gasteiger partial charge in [0.1, 0.15) is 11.6 Å². The van der Waals surface area contributed by atoms with Crippen molar-refractivity contribution in [3.8, 4) is 0 Å². The molecule has 0 aliphatic heterocycles. The summed E-state index contributed by atoms with van der Waals surface area (Å²) < 4.78 is 32.1. The van der Waals surface area contributed by atoms with E-state index in [9.17, 15) is 14.4 Å². The summed E-state index contributed by atoms with van der Waals surface area (Å²) in [5, 5.41) is 0.0390. The summed E-state index contributed by atoms with van der Waals surface area (Å²) in [5.41, 5.74) is 5.50. The van der Waals surface area contributed by atoms with Crippen LogP contribution >= 0.6 is 0 Å². The molecular weight excluding hydrogens is 270 g/mol. The van der Waals surface area contributed by atoms with Gasteiger partial charge in [0.25, 0.3) is 5.56 Å². The fourth-order valence-electron chi connectivity index (χ4n) is 2.40. The van der Waals surface area contributed by atoms with E-state index < -0.39 is 49.3 Å². The number of carbonyl (C=O) groups is 2. The fourth-order valence-corrected chi connectivity index (χ4v) is 2.40. The van der Waals surface area contributed by atoms with Gasteiger partial charge in [-0.15, -0.1) is 0 Å². The molecule has 0 radical (unpaired) electrons. The van der Waals surface area contributed by atoms with Crippen molar-refractivity contribution in [2.24, 2.45) is 0 Å². The molecule has 1 aliphatic carbocycles. The minimum Gasteiger partial charge on any atom is -0.398 e. The van der Waals surface area contributed by atoms with Gasteiger partial charge in [0, 0.05) is 17.5 Å². The third kappa shape index (κ3) is 2.12. The highest BCUT2D eigenvalue weighted by molar-refractivity contribution is 6.03. The van der Waals surface area contributed by atoms with Crippen molar-refractivity contribution >= 4 is 28.2 Å². The summed E-state index contributed by atoms with van der Waals surface area (Å²) in [5.74, 6) is -1.81. The zero-order valence-electron chi connectivity index (χ0n) is 15.0. The van der Waals surface area contributed by atoms with Crippen LogP contribution < -0.4 is 11.3 Å². The van der Waals surface area contributed by atoms with Crippen LogP contribution in [0.4, 0.5) is 5.69 Å². The Balaban J connectivity index is 2.33. The van der Waals surface area contributed by atoms with E-state index in [4.69, 9.17) is 11.2 Å². The summed E-state index contributed by atoms with van der Waals surface area (Å²) >= 11 is 0. The number of anilines is 1. The lowest BCUT2D eigenvalue weighted by atomic mass is 9.92. The third-order valence-electron chi connectivity index (χ3n) is 3.38. The number of hydrogen-bond acceptors (Lipinski definition) is 5. The maximum Gasteiger partial charge on any atom is 0.264 e. The second-order valence-corrected chi connectivity index (χ2v) is 4.77. The van der Waals surface area contributed by atoms with Crippen molar-refractivity contribution in [2.75, 3.05) is 5.73 Å². The van der Waals surface area contributed by atoms with Gasteiger partial charge in [-0.2, -0.15) is 0 Å². The maximum absolute atomic E-state index is 12.9. The number of hydrogen-bond donors (Lipinski definition) is 1. The fraction of sp³-hybridized carbons (Fsp3) is 0.333. The molecule has 0 amide bonds. The van der Waals surface area contributed by atoms with E-state index in [1.165, 1.54) is 6.07 Å². The third-order valence-corrected chi connectivity index (χ3v) is 3.38. The Morgan fingerprint density at radius 2 is 2.24 bits per heavy atom. The second-order valence-electron chi connectivity index (χ2n) is 4.77. The molecule has 1 aromatic carbocycles. The average molecular weight is 289 g/mol. The zero-order chi connectivity index (χ0) is 18.5. The highest BCUT2D eigenvalue weighted by Crippen LogP contribution is 2.24. The number of ketones is 2. The van der Waals surface area contributed by atoms with Gasteiger partial charge in [0.05, 0.1) is 23.4 Å². The Labute approximate surface area is 126 Å². The molecule has 6 nitrogen and oxygen atoms in total. The highest BCUT2D eigenvalue weighted by atomic mass is 16.2. The van der Waals surface area contributed by atoms with Gasteiger partial charge in [-0.25, -0.2) is 4.98 Å². The topological polar surface area (TPSA) is 95.0 Å². The number of aryl methyl sites for hydroxylation is 1. The number of aromatic nitrogens is 2. The van der Waals surface area contributed by atoms with Crippen LogP contribution in [0.1, 0.15) is 36.5 Å². The highest BCUT2D eigenvalue weighted by Gasteiger charge is 2.30. The van der Waals surface area contributed by atoms with Crippen molar-refractivity contribution in [2.45, 2.75) is 32.1 Å². The van der Waals surface area contributed by atoms with Crippen molar-refractivity contribution in [3.63, 3.8) is 0 Å². The molecule has 2 atom stereocenters. The largest absolute Gasteiger partial charge is 0.398 e. The minimum atomic E-state index is -2.57. The molecule has 1 fully saturated rings. The van der Waals surface area contributed by atoms with Crippen LogP contribution in [0, 0.1) is 6.90 Å². The van der Waals surface area contributed by atoms with Crippen molar-refractivity contribution in [3.05, 3.63) is 34.4 Å². The Kier molecular flexibility index (Phi) is 2.16. The van der Waals surface area contributed by atoms with Gasteiger partial charge in [-0.05, 0) is 25.4 Å². The maximum atomic E-state index is 12.9. The summed E-state index contributed by atoms with van der Waals surface area (Å²) in [6.07, 6.45) is -5.10. The molecule has 0 bridgehead atoms. The van der Waals surface area contributed by atoms with Gasteiger partial charge < -0.3 is 5.73 Å². The second kappa shape index (κ2) is 4.80. The molecule has 2 unspecified atom stereocenters. The number of rotatable bonds is 1. The SMILES string of the molecule is [2H]Cc1nc2cccc(N)c2c(=O)n1C1C(=O)CC(=O)C([2H])([2H])C1[2H]. The molecule has 1 heterocycles. The van der Waals surface area contributed by atoms with Gasteiger partial charge in [-0.1, -0.05) is 6.07 Å². The molecule has 2 aromatic rings. The Morgan fingerprint density at radius 1 is 1.43 bits per heavy atom. The van der Waals surface area contributed by atoms with E-state index in [0.717, 1.165) is 4.57 Å². The van der Waals surface area contributed by atoms with Crippen LogP contribution in [-0.2, 0) is 9.59 Å². The molecule has 3 rings (SSSR count). The molecule has 2 N–H and O–H groups in total. The van der Waals surface area contributed by atoms with Crippen molar-refractivity contribution < 1.29 is 15.1 Å². The molecule has 108 valence electrons. The van der Waals surface area contributed by atoms with Gasteiger partial charge in [0.2, 0.25) is 0 Å². The predicted octanol–water partition coefficient (Wildman–Crippen LogP) is 1.15. The standard InChI is InChI=1S/C15H15N3O3/c1-8-17-11-4-2-3-10(16)14(11)15(21)18(8)12-6-5-9(19)7-13(12)20/h2-4,12H,5-7,16H2,1H3/i1D,5D2,6D. The Morgan fingerprint density at radius 3 is 3.00 bits per heavy atom. The predicted molar refractivity (Wildman–Crippen MR) is 78.1 cm³/mol. The average Bonchev–Trinajstić information content (AvgIpc) is 2.55. The van der Waals surface area contributed by atoms with Crippen molar-refractivity contribution in [1.82, 2.24) is 9.55 Å². The van der Waals surface area contributed by atoms with Crippen LogP contribution in [0.3, 0.4) is 0 Å². The summed E-state index contributed by atoms with van der Waals surface area (Å²) in [4.78, 5) is 41.2. The Hall–Kier alpha value is -2.50. The first-order chi connectivity index (χ1) is 11.7. The number of benzene rings is 1. The van der Waals surface area contributed by atoms with Crippen LogP contribution in [0.5, 0.6) is 0 Å². The van der Waals surface area contributed by atoms with E-state index >= 15 is 0 Å². The first kappa shape index (κ1) is 9.44. The minimum absolute atomic E-state index is 0.0390. The number of nitrogens with two attached hydrogens (primary N) is 1. The molecule has 0 saturated heterocycles. The molecule has 0 spiro atoms. The molecule has 1 aromatic heterocycles. The molecule has 1 aliphatic rings. The lowest BCUT2D eigenvalue weighted by Crippen LogP contribution is -2.36. The van der Waals surface area contributed by atoms with Crippen LogP contribution in [0.2, 0.25) is 0 Å². The van der Waals surface area contributed by atoms with Crippen LogP contribution in [0.15, 0.2) is 23.0 Å². The molecular formula is C15H15N3O3. The normalized spacial score (nSPS) is 27.8. The quantitative estimate of drug-likeness (QED) is 0.627. The van der Waals surface area contributed by atoms with Gasteiger partial charge in [0.15, 0.2) is 5.78 Å². The number of carbonyl (C=O) groups excluding carboxylic acids is 2. The van der Waals surface area contributed by atoms with Gasteiger partial charge in [-0.3, -0.25) is 19.0 Å². The van der Waals surface area contributed by atoms with Gasteiger partial charge >= 0.3 is 0 Å². The molecule has 21 heavy (non-hydrogen) atoms. The number of nitrogens with zero attached hydrogens (tertiary/aromatic N) is 2. The lowest BCUT2D eigenvalue weighted by molar-refractivity contribution is -0.132. The number of Topliss-reactive ketones (excluding diaryl/α,β-unsaturated/α-hetero) is 2. The smallest absolute Gasteiger partial charge is 0.264 e. The van der Waals surface area contributed by atoms with E-state index in [1.807, 2.05) is 0 Å². The van der Waals surface area contributed by atoms with E-state index in [2.05, 4.69) is 4.98 Å². The molecule has 6 heteroatoms. The molecule has 1 saturated carbocycles. The van der Waals surface area contributed by atoms with Crippen LogP contribution in [0.25, 0.3) is 10.9 Å². The van der Waals surface area contributed by atoms with E-state index in [1.54, 1.807) is 12.1 Å². The number of fused-ring (bicyclic) bond motifs is 1. The summed E-state index contributed by atoms with van der Waals surface area (Å²) in [6, 6.07) is 3.09. The number of nitrogen functional groups attached to an aromatic ring is 1. The van der Waals surface area contributed by atoms with E-state index in [-0.39, 0.29) is 22.4 Å². The first-order valence-electron chi connectivity index (χ1n) is 8.55. The summed E-state index contributed by atoms with van der Waals surface area (Å²) in [6.45, 7) is -0.451. The van der Waals surface area contributed by atoms with Crippen LogP contribution in [-0.4, -0.2) is 21.1 Å². The van der Waals surface area contributed by atoms with Crippen molar-refractivity contribution in [1.29, 1.82) is 0 Å².